The van der Waals surface area contributed by atoms with Crippen LogP contribution in [0.4, 0.5) is 13.2 Å². The number of hydrogen-bond acceptors (Lipinski definition) is 2. The van der Waals surface area contributed by atoms with Gasteiger partial charge in [-0.25, -0.2) is 4.79 Å². The zero-order chi connectivity index (χ0) is 14.9. The van der Waals surface area contributed by atoms with Crippen molar-refractivity contribution in [1.29, 1.82) is 0 Å². The van der Waals surface area contributed by atoms with E-state index in [1.807, 2.05) is 0 Å². The van der Waals surface area contributed by atoms with Gasteiger partial charge in [0.2, 0.25) is 0 Å². The topological polar surface area (TPSA) is 31.2 Å². The number of benzene rings is 1. The van der Waals surface area contributed by atoms with Crippen LogP contribution in [0.5, 0.6) is 0 Å². The van der Waals surface area contributed by atoms with E-state index in [1.165, 1.54) is 12.1 Å². The quantitative estimate of drug-likeness (QED) is 0.779. The Morgan fingerprint density at radius 1 is 1.40 bits per heavy atom. The number of hydrogen-bond donors (Lipinski definition) is 0. The second-order valence-electron chi connectivity index (χ2n) is 4.12. The van der Waals surface area contributed by atoms with E-state index in [-0.39, 0.29) is 12.3 Å². The fourth-order valence-electron chi connectivity index (χ4n) is 1.97. The number of aromatic nitrogens is 1. The summed E-state index contributed by atoms with van der Waals surface area (Å²) in [6.07, 6.45) is -4.42. The van der Waals surface area contributed by atoms with Crippen LogP contribution >= 0.6 is 15.9 Å². The summed E-state index contributed by atoms with van der Waals surface area (Å²) >= 11 is 3.27. The molecule has 0 atom stereocenters. The Balaban J connectivity index is 2.63. The van der Waals surface area contributed by atoms with Gasteiger partial charge < -0.3 is 9.30 Å². The highest BCUT2D eigenvalue weighted by atomic mass is 79.9. The molecule has 0 radical (unpaired) electrons. The predicted molar refractivity (Wildman–Crippen MR) is 71.6 cm³/mol. The van der Waals surface area contributed by atoms with Gasteiger partial charge in [-0.15, -0.1) is 0 Å². The molecule has 0 fully saturated rings. The zero-order valence-electron chi connectivity index (χ0n) is 10.5. The number of alkyl halides is 3. The summed E-state index contributed by atoms with van der Waals surface area (Å²) in [7, 11) is 0. The SMILES string of the molecule is CCOC(=O)c1cc2c(Br)cccc2n1CC(F)(F)F. The van der Waals surface area contributed by atoms with Crippen molar-refractivity contribution in [2.75, 3.05) is 6.61 Å². The molecule has 2 rings (SSSR count). The van der Waals surface area contributed by atoms with Gasteiger partial charge in [0.25, 0.3) is 0 Å². The van der Waals surface area contributed by atoms with E-state index in [0.29, 0.717) is 15.4 Å². The lowest BCUT2D eigenvalue weighted by molar-refractivity contribution is -0.140. The van der Waals surface area contributed by atoms with Gasteiger partial charge in [-0.05, 0) is 25.1 Å². The van der Waals surface area contributed by atoms with Gasteiger partial charge in [0.15, 0.2) is 0 Å². The number of nitrogens with zero attached hydrogens (tertiary/aromatic N) is 1. The molecule has 0 aliphatic carbocycles. The first-order valence-corrected chi connectivity index (χ1v) is 6.64. The molecule has 7 heteroatoms. The van der Waals surface area contributed by atoms with Crippen LogP contribution in [-0.4, -0.2) is 23.3 Å². The van der Waals surface area contributed by atoms with E-state index in [0.717, 1.165) is 4.57 Å². The maximum atomic E-state index is 12.7. The molecule has 1 aromatic carbocycles. The normalized spacial score (nSPS) is 11.8. The molecular weight excluding hydrogens is 339 g/mol. The van der Waals surface area contributed by atoms with Gasteiger partial charge in [0.1, 0.15) is 12.2 Å². The maximum absolute atomic E-state index is 12.7. The first kappa shape index (κ1) is 14.9. The summed E-state index contributed by atoms with van der Waals surface area (Å²) < 4.78 is 44.4. The minimum atomic E-state index is -4.42. The van der Waals surface area contributed by atoms with Crippen LogP contribution in [0.15, 0.2) is 28.7 Å². The Morgan fingerprint density at radius 3 is 2.70 bits per heavy atom. The highest BCUT2D eigenvalue weighted by Crippen LogP contribution is 2.30. The lowest BCUT2D eigenvalue weighted by Crippen LogP contribution is -2.21. The van der Waals surface area contributed by atoms with E-state index < -0.39 is 18.7 Å². The van der Waals surface area contributed by atoms with Gasteiger partial charge in [-0.2, -0.15) is 13.2 Å². The van der Waals surface area contributed by atoms with Gasteiger partial charge in [0, 0.05) is 9.86 Å². The summed E-state index contributed by atoms with van der Waals surface area (Å²) in [4.78, 5) is 11.8. The molecule has 0 amide bonds. The largest absolute Gasteiger partial charge is 0.461 e. The molecule has 2 aromatic rings. The summed E-state index contributed by atoms with van der Waals surface area (Å²) in [6.45, 7) is 0.471. The third-order valence-electron chi connectivity index (χ3n) is 2.71. The zero-order valence-corrected chi connectivity index (χ0v) is 12.1. The number of carbonyl (C=O) groups excluding carboxylic acids is 1. The van der Waals surface area contributed by atoms with Crippen molar-refractivity contribution < 1.29 is 22.7 Å². The molecule has 0 N–H and O–H groups in total. The van der Waals surface area contributed by atoms with Crippen molar-refractivity contribution in [1.82, 2.24) is 4.57 Å². The van der Waals surface area contributed by atoms with Crippen molar-refractivity contribution in [2.45, 2.75) is 19.6 Å². The fourth-order valence-corrected chi connectivity index (χ4v) is 2.44. The third kappa shape index (κ3) is 2.98. The molecule has 0 aliphatic heterocycles. The third-order valence-corrected chi connectivity index (χ3v) is 3.41. The van der Waals surface area contributed by atoms with E-state index in [2.05, 4.69) is 15.9 Å². The molecule has 108 valence electrons. The van der Waals surface area contributed by atoms with E-state index in [1.54, 1.807) is 19.1 Å². The van der Waals surface area contributed by atoms with Crippen LogP contribution < -0.4 is 0 Å². The maximum Gasteiger partial charge on any atom is 0.406 e. The summed E-state index contributed by atoms with van der Waals surface area (Å²) in [5.41, 5.74) is 0.228. The molecule has 0 unspecified atom stereocenters. The Morgan fingerprint density at radius 2 is 2.10 bits per heavy atom. The van der Waals surface area contributed by atoms with Gasteiger partial charge >= 0.3 is 12.1 Å². The lowest BCUT2D eigenvalue weighted by atomic mass is 10.2. The highest BCUT2D eigenvalue weighted by Gasteiger charge is 2.31. The number of esters is 1. The monoisotopic (exact) mass is 349 g/mol. The standard InChI is InChI=1S/C13H11BrF3NO2/c1-2-20-12(19)11-6-8-9(14)4-3-5-10(8)18(11)7-13(15,16)17/h3-6H,2,7H2,1H3. The number of ether oxygens (including phenoxy) is 1. The minimum absolute atomic E-state index is 0.105. The molecular formula is C13H11BrF3NO2. The number of carbonyl (C=O) groups is 1. The van der Waals surface area contributed by atoms with Crippen molar-refractivity contribution in [3.63, 3.8) is 0 Å². The first-order valence-electron chi connectivity index (χ1n) is 5.85. The van der Waals surface area contributed by atoms with E-state index >= 15 is 0 Å². The Kier molecular flexibility index (Phi) is 4.08. The molecule has 0 spiro atoms. The van der Waals surface area contributed by atoms with Gasteiger partial charge in [-0.1, -0.05) is 22.0 Å². The minimum Gasteiger partial charge on any atom is -0.461 e. The van der Waals surface area contributed by atoms with Crippen molar-refractivity contribution in [3.8, 4) is 0 Å². The van der Waals surface area contributed by atoms with Crippen LogP contribution in [0.2, 0.25) is 0 Å². The van der Waals surface area contributed by atoms with Crippen molar-refractivity contribution >= 4 is 32.8 Å². The number of rotatable bonds is 3. The predicted octanol–water partition coefficient (Wildman–Crippen LogP) is 4.14. The molecule has 1 aromatic heterocycles. The van der Waals surface area contributed by atoms with Crippen LogP contribution in [-0.2, 0) is 11.3 Å². The number of fused-ring (bicyclic) bond motifs is 1. The Hall–Kier alpha value is -1.50. The second-order valence-corrected chi connectivity index (χ2v) is 4.98. The Bertz CT molecular complexity index is 649. The lowest BCUT2D eigenvalue weighted by Gasteiger charge is -2.12. The van der Waals surface area contributed by atoms with E-state index in [4.69, 9.17) is 4.74 Å². The molecule has 0 aliphatic rings. The molecule has 3 nitrogen and oxygen atoms in total. The summed E-state index contributed by atoms with van der Waals surface area (Å²) in [6, 6.07) is 6.27. The molecule has 1 heterocycles. The van der Waals surface area contributed by atoms with Crippen molar-refractivity contribution in [3.05, 3.63) is 34.4 Å². The smallest absolute Gasteiger partial charge is 0.406 e. The fraction of sp³-hybridized carbons (Fsp3) is 0.308. The van der Waals surface area contributed by atoms with Crippen LogP contribution in [0.3, 0.4) is 0 Å². The molecule has 0 saturated carbocycles. The van der Waals surface area contributed by atoms with Gasteiger partial charge in [-0.3, -0.25) is 0 Å². The highest BCUT2D eigenvalue weighted by molar-refractivity contribution is 9.10. The average Bonchev–Trinajstić information content (AvgIpc) is 2.68. The van der Waals surface area contributed by atoms with Gasteiger partial charge in [0.05, 0.1) is 12.1 Å². The molecule has 0 bridgehead atoms. The molecule has 0 saturated heterocycles. The molecule has 20 heavy (non-hydrogen) atoms. The average molecular weight is 350 g/mol. The summed E-state index contributed by atoms with van der Waals surface area (Å²) in [5.74, 6) is -0.764. The Labute approximate surface area is 121 Å². The summed E-state index contributed by atoms with van der Waals surface area (Å²) in [5, 5.41) is 0.541. The van der Waals surface area contributed by atoms with Crippen LogP contribution in [0, 0.1) is 0 Å². The second kappa shape index (κ2) is 5.47. The van der Waals surface area contributed by atoms with Crippen molar-refractivity contribution in [2.24, 2.45) is 0 Å². The number of halogens is 4. The van der Waals surface area contributed by atoms with E-state index in [9.17, 15) is 18.0 Å². The van der Waals surface area contributed by atoms with Crippen LogP contribution in [0.25, 0.3) is 10.9 Å². The first-order chi connectivity index (χ1) is 9.33. The van der Waals surface area contributed by atoms with Crippen LogP contribution in [0.1, 0.15) is 17.4 Å².